The Morgan fingerprint density at radius 2 is 1.85 bits per heavy atom. The molecule has 8 heteroatoms. The third-order valence-corrected chi connectivity index (χ3v) is 2.27. The second-order valence-corrected chi connectivity index (χ2v) is 3.59. The molecule has 0 rings (SSSR count). The van der Waals surface area contributed by atoms with Crippen LogP contribution in [-0.2, 0) is 20.4 Å². The molecule has 0 aliphatic rings. The Bertz CT molecular complexity index is 221. The van der Waals surface area contributed by atoms with Crippen LogP contribution >= 0.6 is 12.4 Å². The monoisotopic (exact) mass is 231 g/mol. The molecule has 6 nitrogen and oxygen atoms in total. The van der Waals surface area contributed by atoms with Crippen LogP contribution in [0.5, 0.6) is 0 Å². The number of halogens is 1. The Hall–Kier alpha value is -0.660. The molecule has 0 amide bonds. The number of hydrogen-bond donors (Lipinski definition) is 3. The lowest BCUT2D eigenvalue weighted by atomic mass is 10.4. The smallest absolute Gasteiger partial charge is 0.321 e. The van der Waals surface area contributed by atoms with E-state index >= 15 is 0 Å². The highest BCUT2D eigenvalue weighted by Gasteiger charge is 2.16. The molecule has 0 fully saturated rings. The number of carboxylic acids is 2. The predicted molar refractivity (Wildman–Crippen MR) is 48.4 cm³/mol. The zero-order valence-corrected chi connectivity index (χ0v) is 8.14. The molecular formula is C5H10ClNO5S. The SMILES string of the molecule is Cl.N[C@@H](CS(=O)CC(=O)O)C(=O)O. The molecule has 0 aliphatic heterocycles. The van der Waals surface area contributed by atoms with Crippen molar-refractivity contribution in [3.05, 3.63) is 0 Å². The second-order valence-electron chi connectivity index (χ2n) is 2.09. The fourth-order valence-corrected chi connectivity index (χ4v) is 1.40. The average Bonchev–Trinajstić information content (AvgIpc) is 1.84. The molecule has 0 heterocycles. The van der Waals surface area contributed by atoms with Crippen LogP contribution in [0.1, 0.15) is 0 Å². The van der Waals surface area contributed by atoms with Crippen LogP contribution in [0.4, 0.5) is 0 Å². The first-order chi connectivity index (χ1) is 5.43. The molecule has 0 aromatic heterocycles. The summed E-state index contributed by atoms with van der Waals surface area (Å²) in [5, 5.41) is 16.4. The summed E-state index contributed by atoms with van der Waals surface area (Å²) in [5.41, 5.74) is 5.01. The highest BCUT2D eigenvalue weighted by molar-refractivity contribution is 7.85. The van der Waals surface area contributed by atoms with Crippen molar-refractivity contribution in [1.29, 1.82) is 0 Å². The molecule has 78 valence electrons. The summed E-state index contributed by atoms with van der Waals surface area (Å²) in [7, 11) is -1.71. The summed E-state index contributed by atoms with van der Waals surface area (Å²) in [5.74, 6) is -3.41. The lowest BCUT2D eigenvalue weighted by Gasteiger charge is -2.03. The molecular weight excluding hydrogens is 222 g/mol. The van der Waals surface area contributed by atoms with Gasteiger partial charge in [-0.1, -0.05) is 0 Å². The van der Waals surface area contributed by atoms with Crippen LogP contribution in [0.3, 0.4) is 0 Å². The molecule has 0 aromatic carbocycles. The number of carboxylic acid groups (broad SMARTS) is 2. The predicted octanol–water partition coefficient (Wildman–Crippen LogP) is -1.35. The van der Waals surface area contributed by atoms with E-state index in [-0.39, 0.29) is 18.2 Å². The summed E-state index contributed by atoms with van der Waals surface area (Å²) in [4.78, 5) is 20.1. The zero-order valence-electron chi connectivity index (χ0n) is 6.50. The van der Waals surface area contributed by atoms with Crippen molar-refractivity contribution in [2.45, 2.75) is 6.04 Å². The van der Waals surface area contributed by atoms with Crippen LogP contribution in [0.2, 0.25) is 0 Å². The van der Waals surface area contributed by atoms with Gasteiger partial charge in [-0.05, 0) is 0 Å². The first-order valence-electron chi connectivity index (χ1n) is 2.98. The van der Waals surface area contributed by atoms with E-state index in [0.29, 0.717) is 0 Å². The van der Waals surface area contributed by atoms with Crippen molar-refractivity contribution in [3.8, 4) is 0 Å². The Balaban J connectivity index is 0. The summed E-state index contributed by atoms with van der Waals surface area (Å²) in [6.45, 7) is 0. The summed E-state index contributed by atoms with van der Waals surface area (Å²) in [6.07, 6.45) is 0. The quantitative estimate of drug-likeness (QED) is 0.539. The van der Waals surface area contributed by atoms with Gasteiger partial charge in [0.05, 0.1) is 5.75 Å². The molecule has 1 unspecified atom stereocenters. The highest BCUT2D eigenvalue weighted by Crippen LogP contribution is 1.87. The van der Waals surface area contributed by atoms with Gasteiger partial charge in [-0.25, -0.2) is 0 Å². The molecule has 0 aromatic rings. The van der Waals surface area contributed by atoms with Gasteiger partial charge in [-0.2, -0.15) is 0 Å². The third kappa shape index (κ3) is 7.69. The van der Waals surface area contributed by atoms with Crippen LogP contribution in [0.25, 0.3) is 0 Å². The average molecular weight is 232 g/mol. The Labute approximate surface area is 83.0 Å². The van der Waals surface area contributed by atoms with Crippen LogP contribution < -0.4 is 5.73 Å². The molecule has 4 N–H and O–H groups in total. The highest BCUT2D eigenvalue weighted by atomic mass is 35.5. The standard InChI is InChI=1S/C5H9NO5S.ClH/c6-3(5(9)10)1-12(11)2-4(7)8;/h3H,1-2,6H2,(H,7,8)(H,9,10);1H/t3-,12?;/m0./s1. The summed E-state index contributed by atoms with van der Waals surface area (Å²) >= 11 is 0. The van der Waals surface area contributed by atoms with E-state index < -0.39 is 34.5 Å². The third-order valence-electron chi connectivity index (χ3n) is 0.967. The Kier molecular flexibility index (Phi) is 7.78. The van der Waals surface area contributed by atoms with Gasteiger partial charge < -0.3 is 15.9 Å². The van der Waals surface area contributed by atoms with Crippen LogP contribution in [-0.4, -0.2) is 43.9 Å². The number of rotatable bonds is 5. The molecule has 0 spiro atoms. The number of aliphatic carboxylic acids is 2. The normalized spacial score (nSPS) is 13.9. The van der Waals surface area contributed by atoms with E-state index in [0.717, 1.165) is 0 Å². The number of nitrogens with two attached hydrogens (primary N) is 1. The molecule has 0 saturated carbocycles. The van der Waals surface area contributed by atoms with Crippen LogP contribution in [0.15, 0.2) is 0 Å². The van der Waals surface area contributed by atoms with E-state index in [1.165, 1.54) is 0 Å². The molecule has 0 aliphatic carbocycles. The summed E-state index contributed by atoms with van der Waals surface area (Å²) < 4.78 is 10.8. The topological polar surface area (TPSA) is 118 Å². The van der Waals surface area contributed by atoms with Gasteiger partial charge in [-0.3, -0.25) is 13.8 Å². The van der Waals surface area contributed by atoms with E-state index in [9.17, 15) is 13.8 Å². The second kappa shape index (κ2) is 6.81. The van der Waals surface area contributed by atoms with Gasteiger partial charge in [0.25, 0.3) is 0 Å². The maximum atomic E-state index is 10.8. The van der Waals surface area contributed by atoms with Gasteiger partial charge in [0, 0.05) is 10.8 Å². The number of hydrogen-bond acceptors (Lipinski definition) is 4. The van der Waals surface area contributed by atoms with Gasteiger partial charge in [-0.15, -0.1) is 12.4 Å². The summed E-state index contributed by atoms with van der Waals surface area (Å²) in [6, 6.07) is -1.26. The number of carbonyl (C=O) groups is 2. The Morgan fingerprint density at radius 3 is 2.15 bits per heavy atom. The van der Waals surface area contributed by atoms with E-state index in [1.54, 1.807) is 0 Å². The lowest BCUT2D eigenvalue weighted by molar-refractivity contribution is -0.138. The first-order valence-corrected chi connectivity index (χ1v) is 4.47. The van der Waals surface area contributed by atoms with Gasteiger partial charge >= 0.3 is 11.9 Å². The minimum Gasteiger partial charge on any atom is -0.481 e. The van der Waals surface area contributed by atoms with E-state index in [1.807, 2.05) is 0 Å². The molecule has 0 radical (unpaired) electrons. The minimum absolute atomic E-state index is 0. The van der Waals surface area contributed by atoms with E-state index in [4.69, 9.17) is 15.9 Å². The minimum atomic E-state index is -1.71. The molecule has 2 atom stereocenters. The first kappa shape index (κ1) is 14.8. The zero-order chi connectivity index (χ0) is 9.72. The van der Waals surface area contributed by atoms with Gasteiger partial charge in [0.2, 0.25) is 0 Å². The van der Waals surface area contributed by atoms with Crippen molar-refractivity contribution < 1.29 is 24.0 Å². The van der Waals surface area contributed by atoms with Crippen molar-refractivity contribution in [2.24, 2.45) is 5.73 Å². The van der Waals surface area contributed by atoms with Crippen molar-refractivity contribution in [1.82, 2.24) is 0 Å². The molecule has 13 heavy (non-hydrogen) atoms. The molecule has 0 saturated heterocycles. The van der Waals surface area contributed by atoms with Gasteiger partial charge in [0.1, 0.15) is 11.8 Å². The Morgan fingerprint density at radius 1 is 1.38 bits per heavy atom. The van der Waals surface area contributed by atoms with Gasteiger partial charge in [0.15, 0.2) is 0 Å². The van der Waals surface area contributed by atoms with Crippen molar-refractivity contribution in [3.63, 3.8) is 0 Å². The maximum Gasteiger partial charge on any atom is 0.321 e. The fourth-order valence-electron chi connectivity index (χ4n) is 0.468. The largest absolute Gasteiger partial charge is 0.481 e. The fraction of sp³-hybridized carbons (Fsp3) is 0.600. The maximum absolute atomic E-state index is 10.8. The van der Waals surface area contributed by atoms with Crippen molar-refractivity contribution in [2.75, 3.05) is 11.5 Å². The molecule has 0 bridgehead atoms. The lowest BCUT2D eigenvalue weighted by Crippen LogP contribution is -2.36. The van der Waals surface area contributed by atoms with E-state index in [2.05, 4.69) is 0 Å². The van der Waals surface area contributed by atoms with Crippen LogP contribution in [0, 0.1) is 0 Å². The van der Waals surface area contributed by atoms with Crippen molar-refractivity contribution >= 4 is 35.1 Å².